The third-order valence-corrected chi connectivity index (χ3v) is 1.91. The van der Waals surface area contributed by atoms with Crippen molar-refractivity contribution in [2.75, 3.05) is 0 Å². The van der Waals surface area contributed by atoms with Gasteiger partial charge >= 0.3 is 29.6 Å². The van der Waals surface area contributed by atoms with Crippen molar-refractivity contribution in [1.29, 1.82) is 0 Å². The van der Waals surface area contributed by atoms with Crippen molar-refractivity contribution >= 4 is 11.1 Å². The van der Waals surface area contributed by atoms with Gasteiger partial charge < -0.3 is 9.12 Å². The number of aromatic nitrogens is 2. The molecule has 0 aliphatic carbocycles. The topological polar surface area (TPSA) is 58.0 Å². The second-order valence-corrected chi connectivity index (χ2v) is 3.92. The van der Waals surface area contributed by atoms with Gasteiger partial charge in [-0.25, -0.2) is 4.98 Å². The van der Waals surface area contributed by atoms with Crippen LogP contribution in [0.1, 0.15) is 13.8 Å². The second kappa shape index (κ2) is 5.93. The van der Waals surface area contributed by atoms with Gasteiger partial charge in [-0.1, -0.05) is 13.8 Å². The molecule has 1 aromatic rings. The van der Waals surface area contributed by atoms with Crippen molar-refractivity contribution in [2.24, 2.45) is 5.92 Å². The maximum Gasteiger partial charge on any atom is 1.00 e. The normalized spacial score (nSPS) is 12.6. The minimum atomic E-state index is -2.20. The molecule has 1 rings (SSSR count). The minimum absolute atomic E-state index is 0. The zero-order valence-electron chi connectivity index (χ0n) is 8.06. The van der Waals surface area contributed by atoms with Gasteiger partial charge in [-0.15, -0.1) is 0 Å². The van der Waals surface area contributed by atoms with Crippen LogP contribution < -0.4 is 29.6 Å². The quantitative estimate of drug-likeness (QED) is 0.419. The summed E-state index contributed by atoms with van der Waals surface area (Å²) in [6, 6.07) is 0. The smallest absolute Gasteiger partial charge is 0.767 e. The third kappa shape index (κ3) is 4.37. The van der Waals surface area contributed by atoms with E-state index in [0.717, 1.165) is 6.54 Å². The number of hydrogen-bond acceptors (Lipinski definition) is 3. The van der Waals surface area contributed by atoms with Crippen LogP contribution in [0.5, 0.6) is 0 Å². The summed E-state index contributed by atoms with van der Waals surface area (Å²) in [6.07, 6.45) is 3.06. The minimum Gasteiger partial charge on any atom is -0.767 e. The predicted molar refractivity (Wildman–Crippen MR) is 44.3 cm³/mol. The SMILES string of the molecule is CC(C)Cn1cnc(S(=O)[O-])c1.[Na+]. The van der Waals surface area contributed by atoms with Crippen LogP contribution >= 0.6 is 0 Å². The molecule has 0 aliphatic heterocycles. The van der Waals surface area contributed by atoms with Crippen molar-refractivity contribution in [3.05, 3.63) is 12.5 Å². The Morgan fingerprint density at radius 3 is 2.69 bits per heavy atom. The van der Waals surface area contributed by atoms with Gasteiger partial charge in [-0.3, -0.25) is 4.21 Å². The van der Waals surface area contributed by atoms with Crippen molar-refractivity contribution in [2.45, 2.75) is 25.4 Å². The summed E-state index contributed by atoms with van der Waals surface area (Å²) < 4.78 is 22.6. The molecule has 0 amide bonds. The Labute approximate surface area is 102 Å². The van der Waals surface area contributed by atoms with Crippen LogP contribution in [0.15, 0.2) is 17.6 Å². The molecule has 0 aliphatic rings. The van der Waals surface area contributed by atoms with E-state index in [-0.39, 0.29) is 34.6 Å². The van der Waals surface area contributed by atoms with Crippen LogP contribution in [-0.4, -0.2) is 18.3 Å². The molecule has 0 saturated carbocycles. The standard InChI is InChI=1S/C7H12N2O2S.Na/c1-6(2)3-9-4-7(8-5-9)12(10)11;/h4-6H,3H2,1-2H3,(H,10,11);/q;+1/p-1. The Bertz CT molecular complexity index is 288. The van der Waals surface area contributed by atoms with E-state index in [1.54, 1.807) is 4.57 Å². The van der Waals surface area contributed by atoms with Crippen LogP contribution in [0, 0.1) is 5.92 Å². The Hall–Kier alpha value is 0.320. The van der Waals surface area contributed by atoms with Crippen molar-refractivity contribution in [3.63, 3.8) is 0 Å². The summed E-state index contributed by atoms with van der Waals surface area (Å²) in [5, 5.41) is 0.107. The summed E-state index contributed by atoms with van der Waals surface area (Å²) in [7, 11) is 0. The van der Waals surface area contributed by atoms with Crippen LogP contribution in [0.4, 0.5) is 0 Å². The molecule has 1 aromatic heterocycles. The fourth-order valence-corrected chi connectivity index (χ4v) is 1.30. The van der Waals surface area contributed by atoms with E-state index in [4.69, 9.17) is 0 Å². The Kier molecular flexibility index (Phi) is 6.07. The molecule has 1 unspecified atom stereocenters. The Balaban J connectivity index is 0.00000144. The van der Waals surface area contributed by atoms with Crippen LogP contribution in [0.2, 0.25) is 0 Å². The van der Waals surface area contributed by atoms with Gasteiger partial charge in [-0.2, -0.15) is 0 Å². The van der Waals surface area contributed by atoms with E-state index >= 15 is 0 Å². The molecule has 6 heteroatoms. The summed E-state index contributed by atoms with van der Waals surface area (Å²) in [4.78, 5) is 3.72. The molecule has 0 radical (unpaired) electrons. The summed E-state index contributed by atoms with van der Waals surface area (Å²) >= 11 is -2.20. The van der Waals surface area contributed by atoms with Gasteiger partial charge in [-0.05, 0) is 17.0 Å². The first kappa shape index (κ1) is 13.3. The molecule has 68 valence electrons. The van der Waals surface area contributed by atoms with Gasteiger partial charge in [0.15, 0.2) is 0 Å². The molecule has 0 bridgehead atoms. The average molecular weight is 210 g/mol. The average Bonchev–Trinajstić information content (AvgIpc) is 2.34. The Morgan fingerprint density at radius 2 is 2.31 bits per heavy atom. The first-order chi connectivity index (χ1) is 5.59. The molecule has 0 saturated heterocycles. The van der Waals surface area contributed by atoms with Gasteiger partial charge in [0, 0.05) is 12.7 Å². The van der Waals surface area contributed by atoms with E-state index in [9.17, 15) is 8.76 Å². The molecule has 13 heavy (non-hydrogen) atoms. The first-order valence-corrected chi connectivity index (χ1v) is 4.78. The number of rotatable bonds is 3. The number of nitrogens with zero attached hydrogens (tertiary/aromatic N) is 2. The molecule has 0 fully saturated rings. The molecule has 4 nitrogen and oxygen atoms in total. The molecule has 0 spiro atoms. The summed E-state index contributed by atoms with van der Waals surface area (Å²) in [5.41, 5.74) is 0. The molecule has 1 atom stereocenters. The zero-order chi connectivity index (χ0) is 9.14. The third-order valence-electron chi connectivity index (χ3n) is 1.36. The summed E-state index contributed by atoms with van der Waals surface area (Å²) in [6.45, 7) is 4.92. The fourth-order valence-electron chi connectivity index (χ4n) is 0.947. The van der Waals surface area contributed by atoms with E-state index in [1.165, 1.54) is 12.5 Å². The second-order valence-electron chi connectivity index (χ2n) is 3.04. The van der Waals surface area contributed by atoms with Crippen molar-refractivity contribution in [3.8, 4) is 0 Å². The van der Waals surface area contributed by atoms with E-state index in [2.05, 4.69) is 18.8 Å². The fraction of sp³-hybridized carbons (Fsp3) is 0.571. The van der Waals surface area contributed by atoms with Crippen molar-refractivity contribution in [1.82, 2.24) is 9.55 Å². The monoisotopic (exact) mass is 210 g/mol. The molecule has 0 aromatic carbocycles. The van der Waals surface area contributed by atoms with Gasteiger partial charge in [0.2, 0.25) is 0 Å². The van der Waals surface area contributed by atoms with E-state index in [1.807, 2.05) is 0 Å². The van der Waals surface area contributed by atoms with Gasteiger partial charge in [0.1, 0.15) is 5.03 Å². The molecule has 1 heterocycles. The predicted octanol–water partition coefficient (Wildman–Crippen LogP) is -2.22. The van der Waals surface area contributed by atoms with Crippen LogP contribution in [-0.2, 0) is 17.6 Å². The first-order valence-electron chi connectivity index (χ1n) is 3.70. The molecular weight excluding hydrogens is 199 g/mol. The maximum absolute atomic E-state index is 10.4. The number of hydrogen-bond donors (Lipinski definition) is 0. The molecular formula is C7H11N2NaO2S. The maximum atomic E-state index is 10.4. The van der Waals surface area contributed by atoms with Crippen LogP contribution in [0.3, 0.4) is 0 Å². The van der Waals surface area contributed by atoms with Crippen molar-refractivity contribution < 1.29 is 38.3 Å². The summed E-state index contributed by atoms with van der Waals surface area (Å²) in [5.74, 6) is 0.493. The molecule has 0 N–H and O–H groups in total. The largest absolute Gasteiger partial charge is 1.00 e. The zero-order valence-corrected chi connectivity index (χ0v) is 10.9. The van der Waals surface area contributed by atoms with Gasteiger partial charge in [0.25, 0.3) is 0 Å². The Morgan fingerprint density at radius 1 is 1.69 bits per heavy atom. The number of imidazole rings is 1. The van der Waals surface area contributed by atoms with Crippen LogP contribution in [0.25, 0.3) is 0 Å². The van der Waals surface area contributed by atoms with E-state index < -0.39 is 11.1 Å². The van der Waals surface area contributed by atoms with E-state index in [0.29, 0.717) is 5.92 Å². The van der Waals surface area contributed by atoms with Gasteiger partial charge in [0.05, 0.1) is 6.33 Å².